The Morgan fingerprint density at radius 3 is 2.36 bits per heavy atom. The molecule has 0 radical (unpaired) electrons. The van der Waals surface area contributed by atoms with Crippen LogP contribution < -0.4 is 9.86 Å². The summed E-state index contributed by atoms with van der Waals surface area (Å²) in [7, 11) is -3.79. The van der Waals surface area contributed by atoms with Crippen molar-refractivity contribution in [3.63, 3.8) is 0 Å². The van der Waals surface area contributed by atoms with Crippen LogP contribution in [0.3, 0.4) is 0 Å². The molecule has 1 unspecified atom stereocenters. The number of hydrogen-bond acceptors (Lipinski definition) is 4. The zero-order chi connectivity index (χ0) is 9.12. The molecule has 0 spiro atoms. The second kappa shape index (κ2) is 3.46. The standard InChI is InChI=1S/C4H12N2O4S/c1-4(8,3-7)2-6-11(5,9)10/h6-8H,2-3H2,1H3,(H2,5,9,10). The Kier molecular flexibility index (Phi) is 3.39. The third-order valence-electron chi connectivity index (χ3n) is 0.995. The van der Waals surface area contributed by atoms with Gasteiger partial charge in [-0.05, 0) is 6.92 Å². The molecule has 0 aliphatic rings. The Bertz CT molecular complexity index is 210. The van der Waals surface area contributed by atoms with Crippen LogP contribution >= 0.6 is 0 Å². The van der Waals surface area contributed by atoms with Gasteiger partial charge in [0.15, 0.2) is 0 Å². The van der Waals surface area contributed by atoms with Crippen LogP contribution in [0.5, 0.6) is 0 Å². The molecule has 1 atom stereocenters. The number of nitrogens with two attached hydrogens (primary N) is 1. The minimum atomic E-state index is -3.79. The molecule has 0 aromatic rings. The molecule has 6 nitrogen and oxygen atoms in total. The number of hydrogen-bond donors (Lipinski definition) is 4. The van der Waals surface area contributed by atoms with Crippen LogP contribution in [-0.2, 0) is 10.2 Å². The molecule has 0 heterocycles. The van der Waals surface area contributed by atoms with Crippen LogP contribution in [0, 0.1) is 0 Å². The van der Waals surface area contributed by atoms with Gasteiger partial charge in [0.05, 0.1) is 12.2 Å². The van der Waals surface area contributed by atoms with Gasteiger partial charge in [-0.1, -0.05) is 0 Å². The average Bonchev–Trinajstić information content (AvgIpc) is 1.83. The molecule has 0 saturated heterocycles. The molecule has 0 saturated carbocycles. The van der Waals surface area contributed by atoms with Crippen molar-refractivity contribution in [3.8, 4) is 0 Å². The van der Waals surface area contributed by atoms with Gasteiger partial charge in [0.25, 0.3) is 10.2 Å². The summed E-state index contributed by atoms with van der Waals surface area (Å²) in [6.45, 7) is 0.447. The highest BCUT2D eigenvalue weighted by Crippen LogP contribution is 1.98. The van der Waals surface area contributed by atoms with Crippen LogP contribution in [0.25, 0.3) is 0 Å². The number of rotatable bonds is 4. The number of nitrogens with one attached hydrogen (secondary N) is 1. The summed E-state index contributed by atoms with van der Waals surface area (Å²) in [6, 6.07) is 0. The van der Waals surface area contributed by atoms with Gasteiger partial charge in [0, 0.05) is 6.54 Å². The highest BCUT2D eigenvalue weighted by molar-refractivity contribution is 7.87. The van der Waals surface area contributed by atoms with Crippen LogP contribution in [0.4, 0.5) is 0 Å². The molecule has 11 heavy (non-hydrogen) atoms. The summed E-state index contributed by atoms with van der Waals surface area (Å²) >= 11 is 0. The Labute approximate surface area is 65.2 Å². The van der Waals surface area contributed by atoms with E-state index in [-0.39, 0.29) is 6.54 Å². The van der Waals surface area contributed by atoms with Gasteiger partial charge >= 0.3 is 0 Å². The first-order chi connectivity index (χ1) is 4.77. The molecule has 7 heteroatoms. The fourth-order valence-electron chi connectivity index (χ4n) is 0.312. The van der Waals surface area contributed by atoms with Gasteiger partial charge in [-0.3, -0.25) is 0 Å². The fourth-order valence-corrected chi connectivity index (χ4v) is 0.824. The van der Waals surface area contributed by atoms with E-state index in [1.807, 2.05) is 4.72 Å². The summed E-state index contributed by atoms with van der Waals surface area (Å²) in [5.74, 6) is 0. The second-order valence-corrected chi connectivity index (χ2v) is 3.90. The van der Waals surface area contributed by atoms with Crippen LogP contribution in [0.2, 0.25) is 0 Å². The van der Waals surface area contributed by atoms with E-state index >= 15 is 0 Å². The van der Waals surface area contributed by atoms with Gasteiger partial charge < -0.3 is 10.2 Å². The summed E-state index contributed by atoms with van der Waals surface area (Å²) in [4.78, 5) is 0. The van der Waals surface area contributed by atoms with Gasteiger partial charge in [0.1, 0.15) is 0 Å². The molecule has 0 aromatic heterocycles. The molecular formula is C4H12N2O4S. The normalized spacial score (nSPS) is 17.8. The summed E-state index contributed by atoms with van der Waals surface area (Å²) in [6.07, 6.45) is 0. The first kappa shape index (κ1) is 10.8. The second-order valence-electron chi connectivity index (χ2n) is 2.52. The lowest BCUT2D eigenvalue weighted by molar-refractivity contribution is 0.00681. The third kappa shape index (κ3) is 6.20. The number of aliphatic hydroxyl groups excluding tert-OH is 1. The molecule has 0 aliphatic carbocycles. The minimum Gasteiger partial charge on any atom is -0.393 e. The molecule has 0 aliphatic heterocycles. The van der Waals surface area contributed by atoms with Crippen molar-refractivity contribution in [2.45, 2.75) is 12.5 Å². The molecular weight excluding hydrogens is 172 g/mol. The SMILES string of the molecule is CC(O)(CO)CNS(N)(=O)=O. The first-order valence-corrected chi connectivity index (χ1v) is 4.42. The lowest BCUT2D eigenvalue weighted by Gasteiger charge is -2.19. The molecule has 68 valence electrons. The Hall–Kier alpha value is -0.210. The highest BCUT2D eigenvalue weighted by Gasteiger charge is 2.20. The zero-order valence-corrected chi connectivity index (χ0v) is 6.93. The Morgan fingerprint density at radius 2 is 2.09 bits per heavy atom. The molecule has 0 rings (SSSR count). The molecule has 0 amide bonds. The van der Waals surface area contributed by atoms with Crippen LogP contribution in [0.15, 0.2) is 0 Å². The largest absolute Gasteiger partial charge is 0.393 e. The van der Waals surface area contributed by atoms with Gasteiger partial charge in [-0.15, -0.1) is 0 Å². The van der Waals surface area contributed by atoms with Crippen molar-refractivity contribution in [1.29, 1.82) is 0 Å². The van der Waals surface area contributed by atoms with E-state index in [9.17, 15) is 8.42 Å². The van der Waals surface area contributed by atoms with Crippen molar-refractivity contribution in [1.82, 2.24) is 4.72 Å². The van der Waals surface area contributed by atoms with E-state index in [1.54, 1.807) is 0 Å². The monoisotopic (exact) mass is 184 g/mol. The van der Waals surface area contributed by atoms with E-state index in [4.69, 9.17) is 10.2 Å². The lowest BCUT2D eigenvalue weighted by Crippen LogP contribution is -2.45. The van der Waals surface area contributed by atoms with Crippen LogP contribution in [0.1, 0.15) is 6.92 Å². The molecule has 0 aromatic carbocycles. The maximum atomic E-state index is 10.3. The van der Waals surface area contributed by atoms with Gasteiger partial charge in [-0.2, -0.15) is 13.1 Å². The van der Waals surface area contributed by atoms with Crippen LogP contribution in [-0.4, -0.2) is 37.4 Å². The van der Waals surface area contributed by atoms with E-state index in [2.05, 4.69) is 5.14 Å². The lowest BCUT2D eigenvalue weighted by atomic mass is 10.1. The number of aliphatic hydroxyl groups is 2. The third-order valence-corrected chi connectivity index (χ3v) is 1.54. The molecule has 0 fully saturated rings. The fraction of sp³-hybridized carbons (Fsp3) is 1.00. The summed E-state index contributed by atoms with van der Waals surface area (Å²) in [5, 5.41) is 22.1. The first-order valence-electron chi connectivity index (χ1n) is 2.87. The van der Waals surface area contributed by atoms with E-state index in [0.717, 1.165) is 0 Å². The minimum absolute atomic E-state index is 0.303. The van der Waals surface area contributed by atoms with Crippen molar-refractivity contribution in [2.24, 2.45) is 5.14 Å². The van der Waals surface area contributed by atoms with Crippen molar-refractivity contribution >= 4 is 10.2 Å². The molecule has 5 N–H and O–H groups in total. The maximum Gasteiger partial charge on any atom is 0.274 e. The highest BCUT2D eigenvalue weighted by atomic mass is 32.2. The summed E-state index contributed by atoms with van der Waals surface area (Å²) in [5.41, 5.74) is -1.47. The predicted octanol–water partition coefficient (Wildman–Crippen LogP) is -2.48. The van der Waals surface area contributed by atoms with Gasteiger partial charge in [0.2, 0.25) is 0 Å². The zero-order valence-electron chi connectivity index (χ0n) is 6.11. The average molecular weight is 184 g/mol. The van der Waals surface area contributed by atoms with Crippen molar-refractivity contribution < 1.29 is 18.6 Å². The Balaban J connectivity index is 3.90. The van der Waals surface area contributed by atoms with Gasteiger partial charge in [-0.25, -0.2) is 5.14 Å². The molecule has 0 bridgehead atoms. The predicted molar refractivity (Wildman–Crippen MR) is 38.8 cm³/mol. The van der Waals surface area contributed by atoms with E-state index in [1.165, 1.54) is 6.92 Å². The smallest absolute Gasteiger partial charge is 0.274 e. The van der Waals surface area contributed by atoms with E-state index < -0.39 is 22.4 Å². The van der Waals surface area contributed by atoms with E-state index in [0.29, 0.717) is 0 Å². The van der Waals surface area contributed by atoms with Crippen molar-refractivity contribution in [2.75, 3.05) is 13.2 Å². The maximum absolute atomic E-state index is 10.3. The van der Waals surface area contributed by atoms with Crippen molar-refractivity contribution in [3.05, 3.63) is 0 Å². The quantitative estimate of drug-likeness (QED) is 0.387. The summed E-state index contributed by atoms with van der Waals surface area (Å²) < 4.78 is 22.4. The Morgan fingerprint density at radius 1 is 1.64 bits per heavy atom. The topological polar surface area (TPSA) is 113 Å².